The molecule has 4 aromatic rings. The molecule has 0 aliphatic heterocycles. The van der Waals surface area contributed by atoms with Crippen LogP contribution in [0.25, 0.3) is 15.9 Å². The third kappa shape index (κ3) is 3.73. The fraction of sp³-hybridized carbons (Fsp3) is 0.0476. The van der Waals surface area contributed by atoms with E-state index in [0.717, 1.165) is 16.5 Å². The van der Waals surface area contributed by atoms with Gasteiger partial charge in [0.15, 0.2) is 0 Å². The van der Waals surface area contributed by atoms with Crippen molar-refractivity contribution in [3.8, 4) is 5.00 Å². The molecule has 0 bridgehead atoms. The van der Waals surface area contributed by atoms with E-state index in [0.29, 0.717) is 11.3 Å². The summed E-state index contributed by atoms with van der Waals surface area (Å²) in [5.41, 5.74) is 3.11. The fourth-order valence-corrected chi connectivity index (χ4v) is 3.37. The summed E-state index contributed by atoms with van der Waals surface area (Å²) < 4.78 is 2.16. The Bertz CT molecular complexity index is 1030. The predicted octanol–water partition coefficient (Wildman–Crippen LogP) is 5.46. The maximum absolute atomic E-state index is 10.2. The van der Waals surface area contributed by atoms with Crippen LogP contribution in [-0.2, 0) is 0 Å². The first kappa shape index (κ1) is 17.6. The number of carboxylic acid groups (broad SMARTS) is 1. The summed E-state index contributed by atoms with van der Waals surface area (Å²) in [6.07, 6.45) is 2.05. The first-order chi connectivity index (χ1) is 12.6. The molecule has 0 unspecified atom stereocenters. The molecule has 0 fully saturated rings. The normalized spacial score (nSPS) is 10.2. The molecule has 0 amide bonds. The molecule has 2 aromatic carbocycles. The maximum Gasteiger partial charge on any atom is 0.335 e. The van der Waals surface area contributed by atoms with Crippen LogP contribution in [0.15, 0.2) is 78.3 Å². The van der Waals surface area contributed by atoms with Gasteiger partial charge in [0, 0.05) is 22.9 Å². The highest BCUT2D eigenvalue weighted by atomic mass is 32.1. The topological polar surface area (TPSA) is 66.1 Å². The van der Waals surface area contributed by atoms with Crippen LogP contribution in [0, 0.1) is 5.41 Å². The number of carbonyl (C=O) groups is 1. The second-order valence-electron chi connectivity index (χ2n) is 5.68. The third-order valence-electron chi connectivity index (χ3n) is 3.88. The van der Waals surface area contributed by atoms with Crippen molar-refractivity contribution < 1.29 is 9.90 Å². The van der Waals surface area contributed by atoms with Gasteiger partial charge in [0.05, 0.1) is 16.1 Å². The molecule has 0 radical (unpaired) electrons. The Labute approximate surface area is 155 Å². The van der Waals surface area contributed by atoms with Crippen molar-refractivity contribution in [2.45, 2.75) is 6.92 Å². The third-order valence-corrected chi connectivity index (χ3v) is 4.75. The summed E-state index contributed by atoms with van der Waals surface area (Å²) in [6, 6.07) is 20.7. The maximum atomic E-state index is 10.2. The van der Waals surface area contributed by atoms with Crippen molar-refractivity contribution in [2.75, 3.05) is 0 Å². The molecule has 2 N–H and O–H groups in total. The minimum Gasteiger partial charge on any atom is -0.478 e. The highest BCUT2D eigenvalue weighted by Crippen LogP contribution is 2.27. The summed E-state index contributed by atoms with van der Waals surface area (Å²) in [7, 11) is 0. The van der Waals surface area contributed by atoms with Crippen molar-refractivity contribution in [1.29, 1.82) is 5.41 Å². The largest absolute Gasteiger partial charge is 0.478 e. The Morgan fingerprint density at radius 3 is 2.27 bits per heavy atom. The number of para-hydroxylation sites is 1. The Morgan fingerprint density at radius 2 is 1.69 bits per heavy atom. The van der Waals surface area contributed by atoms with E-state index in [1.807, 2.05) is 25.1 Å². The van der Waals surface area contributed by atoms with E-state index < -0.39 is 5.97 Å². The second-order valence-corrected chi connectivity index (χ2v) is 6.60. The standard InChI is InChI=1S/C14H12N2S.C7H6O2/c1-10(15)12-9-16(14-7-4-8-17-14)13-6-3-2-5-11(12)13;8-7(9)6-4-2-1-3-5-6/h2-9,15H,1H3;1-5H,(H,8,9). The lowest BCUT2D eigenvalue weighted by atomic mass is 10.1. The number of aromatic carboxylic acids is 1. The van der Waals surface area contributed by atoms with Crippen LogP contribution in [-0.4, -0.2) is 21.4 Å². The fourth-order valence-electron chi connectivity index (χ4n) is 2.65. The lowest BCUT2D eigenvalue weighted by molar-refractivity contribution is 0.0697. The number of carboxylic acids is 1. The van der Waals surface area contributed by atoms with Crippen LogP contribution < -0.4 is 0 Å². The molecule has 0 atom stereocenters. The van der Waals surface area contributed by atoms with Crippen LogP contribution in [0.1, 0.15) is 22.8 Å². The van der Waals surface area contributed by atoms with E-state index in [1.165, 1.54) is 5.00 Å². The summed E-state index contributed by atoms with van der Waals surface area (Å²) in [6.45, 7) is 1.83. The highest BCUT2D eigenvalue weighted by Gasteiger charge is 2.10. The number of aromatic nitrogens is 1. The minimum atomic E-state index is -0.879. The molecule has 0 aliphatic rings. The van der Waals surface area contributed by atoms with Gasteiger partial charge in [0.2, 0.25) is 0 Å². The average molecular weight is 362 g/mol. The van der Waals surface area contributed by atoms with Gasteiger partial charge in [-0.25, -0.2) is 4.79 Å². The molecule has 4 rings (SSSR count). The summed E-state index contributed by atoms with van der Waals surface area (Å²) in [5.74, 6) is -0.879. The number of hydrogen-bond acceptors (Lipinski definition) is 3. The number of rotatable bonds is 3. The smallest absolute Gasteiger partial charge is 0.335 e. The number of nitrogens with zero attached hydrogens (tertiary/aromatic N) is 1. The van der Waals surface area contributed by atoms with Gasteiger partial charge >= 0.3 is 5.97 Å². The molecule has 2 aromatic heterocycles. The molecular formula is C21H18N2O2S. The molecule has 5 heteroatoms. The van der Waals surface area contributed by atoms with E-state index in [-0.39, 0.29) is 0 Å². The molecule has 130 valence electrons. The van der Waals surface area contributed by atoms with Gasteiger partial charge in [-0.1, -0.05) is 36.4 Å². The number of hydrogen-bond donors (Lipinski definition) is 2. The lowest BCUT2D eigenvalue weighted by Gasteiger charge is -2.00. The SMILES string of the molecule is CC(=N)c1cn(-c2cccs2)c2ccccc12.O=C(O)c1ccccc1. The van der Waals surface area contributed by atoms with Gasteiger partial charge in [-0.05, 0) is 42.6 Å². The van der Waals surface area contributed by atoms with E-state index in [4.69, 9.17) is 10.5 Å². The second kappa shape index (κ2) is 7.80. The highest BCUT2D eigenvalue weighted by molar-refractivity contribution is 7.12. The summed E-state index contributed by atoms with van der Waals surface area (Å²) in [5, 5.41) is 20.6. The van der Waals surface area contributed by atoms with Gasteiger partial charge in [-0.3, -0.25) is 0 Å². The van der Waals surface area contributed by atoms with Gasteiger partial charge in [0.25, 0.3) is 0 Å². The van der Waals surface area contributed by atoms with Crippen LogP contribution >= 0.6 is 11.3 Å². The first-order valence-electron chi connectivity index (χ1n) is 8.06. The Kier molecular flexibility index (Phi) is 5.29. The zero-order valence-electron chi connectivity index (χ0n) is 14.2. The van der Waals surface area contributed by atoms with Gasteiger partial charge in [0.1, 0.15) is 0 Å². The number of nitrogens with one attached hydrogen (secondary N) is 1. The van der Waals surface area contributed by atoms with Crippen LogP contribution in [0.4, 0.5) is 0 Å². The molecule has 26 heavy (non-hydrogen) atoms. The Morgan fingerprint density at radius 1 is 1.00 bits per heavy atom. The van der Waals surface area contributed by atoms with Crippen molar-refractivity contribution in [3.05, 3.63) is 89.4 Å². The molecule has 0 spiro atoms. The molecule has 0 saturated heterocycles. The van der Waals surface area contributed by atoms with Crippen LogP contribution in [0.5, 0.6) is 0 Å². The van der Waals surface area contributed by atoms with Crippen molar-refractivity contribution >= 4 is 33.9 Å². The molecule has 0 saturated carbocycles. The van der Waals surface area contributed by atoms with Crippen LogP contribution in [0.2, 0.25) is 0 Å². The number of benzene rings is 2. The van der Waals surface area contributed by atoms with Crippen molar-refractivity contribution in [2.24, 2.45) is 0 Å². The van der Waals surface area contributed by atoms with E-state index in [9.17, 15) is 4.79 Å². The number of fused-ring (bicyclic) bond motifs is 1. The average Bonchev–Trinajstić information content (AvgIpc) is 3.30. The Hall–Kier alpha value is -3.18. The minimum absolute atomic E-state index is 0.331. The lowest BCUT2D eigenvalue weighted by Crippen LogP contribution is -1.93. The van der Waals surface area contributed by atoms with E-state index >= 15 is 0 Å². The predicted molar refractivity (Wildman–Crippen MR) is 107 cm³/mol. The summed E-state index contributed by atoms with van der Waals surface area (Å²) in [4.78, 5) is 10.2. The van der Waals surface area contributed by atoms with Crippen molar-refractivity contribution in [3.63, 3.8) is 0 Å². The first-order valence-corrected chi connectivity index (χ1v) is 8.93. The zero-order valence-corrected chi connectivity index (χ0v) is 15.0. The molecule has 4 nitrogen and oxygen atoms in total. The van der Waals surface area contributed by atoms with Crippen molar-refractivity contribution in [1.82, 2.24) is 4.57 Å². The van der Waals surface area contributed by atoms with Crippen LogP contribution in [0.3, 0.4) is 0 Å². The molecular weight excluding hydrogens is 344 g/mol. The van der Waals surface area contributed by atoms with Gasteiger partial charge < -0.3 is 15.1 Å². The van der Waals surface area contributed by atoms with E-state index in [2.05, 4.69) is 34.3 Å². The molecule has 0 aliphatic carbocycles. The van der Waals surface area contributed by atoms with Gasteiger partial charge in [-0.15, -0.1) is 11.3 Å². The van der Waals surface area contributed by atoms with Gasteiger partial charge in [-0.2, -0.15) is 0 Å². The quantitative estimate of drug-likeness (QED) is 0.475. The van der Waals surface area contributed by atoms with E-state index in [1.54, 1.807) is 41.7 Å². The monoisotopic (exact) mass is 362 g/mol. The zero-order chi connectivity index (χ0) is 18.5. The summed E-state index contributed by atoms with van der Waals surface area (Å²) >= 11 is 1.71. The Balaban J connectivity index is 0.000000185. The molecule has 2 heterocycles. The number of thiophene rings is 1.